The minimum absolute atomic E-state index is 0.171. The second kappa shape index (κ2) is 7.72. The lowest BCUT2D eigenvalue weighted by Gasteiger charge is -2.31. The van der Waals surface area contributed by atoms with E-state index in [1.54, 1.807) is 4.90 Å². The lowest BCUT2D eigenvalue weighted by atomic mass is 9.97. The Hall–Kier alpha value is -1.79. The number of nitrogens with one attached hydrogen (secondary N) is 1. The number of hydrogen-bond donors (Lipinski definition) is 2. The number of urea groups is 1. The lowest BCUT2D eigenvalue weighted by molar-refractivity contribution is -0.146. The summed E-state index contributed by atoms with van der Waals surface area (Å²) in [6.45, 7) is 2.73. The zero-order valence-electron chi connectivity index (χ0n) is 11.9. The highest BCUT2D eigenvalue weighted by Crippen LogP contribution is 2.18. The summed E-state index contributed by atoms with van der Waals surface area (Å²) in [6.07, 6.45) is 2.18. The van der Waals surface area contributed by atoms with Crippen molar-refractivity contribution < 1.29 is 24.2 Å². The van der Waals surface area contributed by atoms with Gasteiger partial charge in [-0.2, -0.15) is 0 Å². The first-order chi connectivity index (χ1) is 9.49. The lowest BCUT2D eigenvalue weighted by Crippen LogP contribution is -2.50. The maximum Gasteiger partial charge on any atom is 0.326 e. The van der Waals surface area contributed by atoms with E-state index in [1.165, 1.54) is 7.11 Å². The highest BCUT2D eigenvalue weighted by molar-refractivity contribution is 5.82. The SMILES string of the molecule is CCC[C@@H](NC(=O)N1CCC(C(=O)OC)CC1)C(=O)O. The first-order valence-electron chi connectivity index (χ1n) is 6.85. The summed E-state index contributed by atoms with van der Waals surface area (Å²) >= 11 is 0. The van der Waals surface area contributed by atoms with Crippen LogP contribution in [0.5, 0.6) is 0 Å². The number of esters is 1. The van der Waals surface area contributed by atoms with E-state index in [1.807, 2.05) is 6.92 Å². The smallest absolute Gasteiger partial charge is 0.326 e. The Morgan fingerprint density at radius 1 is 1.35 bits per heavy atom. The fourth-order valence-corrected chi connectivity index (χ4v) is 2.27. The Morgan fingerprint density at radius 2 is 1.95 bits per heavy atom. The van der Waals surface area contributed by atoms with Gasteiger partial charge in [0.25, 0.3) is 0 Å². The number of rotatable bonds is 5. The Balaban J connectivity index is 2.46. The van der Waals surface area contributed by atoms with Gasteiger partial charge in [-0.15, -0.1) is 0 Å². The molecule has 1 aliphatic heterocycles. The molecule has 20 heavy (non-hydrogen) atoms. The van der Waals surface area contributed by atoms with E-state index in [9.17, 15) is 14.4 Å². The van der Waals surface area contributed by atoms with E-state index in [-0.39, 0.29) is 17.9 Å². The molecule has 1 rings (SSSR count). The highest BCUT2D eigenvalue weighted by atomic mass is 16.5. The first-order valence-corrected chi connectivity index (χ1v) is 6.85. The third-order valence-electron chi connectivity index (χ3n) is 3.49. The van der Waals surface area contributed by atoms with Crippen molar-refractivity contribution in [3.05, 3.63) is 0 Å². The van der Waals surface area contributed by atoms with Crippen molar-refractivity contribution in [2.24, 2.45) is 5.92 Å². The molecule has 0 bridgehead atoms. The molecule has 0 spiro atoms. The van der Waals surface area contributed by atoms with Crippen molar-refractivity contribution in [1.29, 1.82) is 0 Å². The van der Waals surface area contributed by atoms with Crippen LogP contribution in [0.15, 0.2) is 0 Å². The molecule has 2 N–H and O–H groups in total. The van der Waals surface area contributed by atoms with Crippen LogP contribution in [0.1, 0.15) is 32.6 Å². The van der Waals surface area contributed by atoms with Crippen LogP contribution in [0.3, 0.4) is 0 Å². The maximum absolute atomic E-state index is 12.0. The molecule has 2 amide bonds. The Kier molecular flexibility index (Phi) is 6.27. The quantitative estimate of drug-likeness (QED) is 0.730. The van der Waals surface area contributed by atoms with Crippen molar-refractivity contribution in [3.8, 4) is 0 Å². The van der Waals surface area contributed by atoms with Gasteiger partial charge < -0.3 is 20.1 Å². The summed E-state index contributed by atoms with van der Waals surface area (Å²) in [6, 6.07) is -1.24. The van der Waals surface area contributed by atoms with Crippen molar-refractivity contribution in [1.82, 2.24) is 10.2 Å². The van der Waals surface area contributed by atoms with Crippen LogP contribution in [0, 0.1) is 5.92 Å². The number of nitrogens with zero attached hydrogens (tertiary/aromatic N) is 1. The number of methoxy groups -OCH3 is 1. The molecule has 1 fully saturated rings. The summed E-state index contributed by atoms with van der Waals surface area (Å²) in [5, 5.41) is 11.5. The standard InChI is InChI=1S/C13H22N2O5/c1-3-4-10(11(16)17)14-13(19)15-7-5-9(6-8-15)12(18)20-2/h9-10H,3-8H2,1-2H3,(H,14,19)(H,16,17)/t10-/m1/s1. The van der Waals surface area contributed by atoms with E-state index in [2.05, 4.69) is 10.1 Å². The zero-order chi connectivity index (χ0) is 15.1. The van der Waals surface area contributed by atoms with E-state index >= 15 is 0 Å². The van der Waals surface area contributed by atoms with Crippen LogP contribution in [0.4, 0.5) is 4.79 Å². The third-order valence-corrected chi connectivity index (χ3v) is 3.49. The van der Waals surface area contributed by atoms with Gasteiger partial charge in [-0.25, -0.2) is 9.59 Å². The molecule has 1 heterocycles. The molecule has 0 radical (unpaired) electrons. The number of carboxylic acids is 1. The summed E-state index contributed by atoms with van der Waals surface area (Å²) in [5.74, 6) is -1.45. The topological polar surface area (TPSA) is 95.9 Å². The Bertz CT molecular complexity index is 364. The van der Waals surface area contributed by atoms with Gasteiger partial charge in [-0.05, 0) is 19.3 Å². The van der Waals surface area contributed by atoms with Gasteiger partial charge in [0.15, 0.2) is 0 Å². The van der Waals surface area contributed by atoms with Crippen LogP contribution in [0.25, 0.3) is 0 Å². The number of carboxylic acid groups (broad SMARTS) is 1. The van der Waals surface area contributed by atoms with Crippen LogP contribution < -0.4 is 5.32 Å². The van der Waals surface area contributed by atoms with Gasteiger partial charge >= 0.3 is 18.0 Å². The minimum Gasteiger partial charge on any atom is -0.480 e. The van der Waals surface area contributed by atoms with Crippen molar-refractivity contribution in [2.45, 2.75) is 38.6 Å². The van der Waals surface area contributed by atoms with Crippen LogP contribution in [-0.2, 0) is 14.3 Å². The number of aliphatic carboxylic acids is 1. The molecule has 0 aliphatic carbocycles. The van der Waals surface area contributed by atoms with Gasteiger partial charge in [0.05, 0.1) is 13.0 Å². The predicted octanol–water partition coefficient (Wildman–Crippen LogP) is 0.834. The molecular formula is C13H22N2O5. The number of piperidine rings is 1. The number of likely N-dealkylation sites (tertiary alicyclic amines) is 1. The second-order valence-corrected chi connectivity index (χ2v) is 4.91. The average Bonchev–Trinajstić information content (AvgIpc) is 2.45. The molecule has 7 heteroatoms. The van der Waals surface area contributed by atoms with E-state index < -0.39 is 12.0 Å². The van der Waals surface area contributed by atoms with Crippen molar-refractivity contribution >= 4 is 18.0 Å². The normalized spacial score (nSPS) is 17.4. The summed E-state index contributed by atoms with van der Waals surface area (Å²) < 4.78 is 4.68. The highest BCUT2D eigenvalue weighted by Gasteiger charge is 2.29. The fraction of sp³-hybridized carbons (Fsp3) is 0.769. The molecule has 0 unspecified atom stereocenters. The summed E-state index contributed by atoms with van der Waals surface area (Å²) in [4.78, 5) is 35.9. The summed E-state index contributed by atoms with van der Waals surface area (Å²) in [7, 11) is 1.35. The number of amides is 2. The molecule has 0 saturated carbocycles. The zero-order valence-corrected chi connectivity index (χ0v) is 11.9. The van der Waals surface area contributed by atoms with Gasteiger partial charge in [0.1, 0.15) is 6.04 Å². The van der Waals surface area contributed by atoms with Crippen LogP contribution >= 0.6 is 0 Å². The average molecular weight is 286 g/mol. The van der Waals surface area contributed by atoms with E-state index in [0.717, 1.165) is 0 Å². The Labute approximate surface area is 118 Å². The van der Waals surface area contributed by atoms with Gasteiger partial charge in [-0.3, -0.25) is 4.79 Å². The number of ether oxygens (including phenoxy) is 1. The molecule has 0 aromatic heterocycles. The van der Waals surface area contributed by atoms with Crippen LogP contribution in [-0.4, -0.2) is 54.2 Å². The number of carbonyl (C=O) groups excluding carboxylic acids is 2. The largest absolute Gasteiger partial charge is 0.480 e. The number of carbonyl (C=O) groups is 3. The van der Waals surface area contributed by atoms with E-state index in [4.69, 9.17) is 5.11 Å². The Morgan fingerprint density at radius 3 is 2.40 bits per heavy atom. The third kappa shape index (κ3) is 4.40. The van der Waals surface area contributed by atoms with Crippen LogP contribution in [0.2, 0.25) is 0 Å². The van der Waals surface area contributed by atoms with Gasteiger partial charge in [-0.1, -0.05) is 13.3 Å². The van der Waals surface area contributed by atoms with E-state index in [0.29, 0.717) is 38.8 Å². The molecule has 0 aromatic rings. The molecular weight excluding hydrogens is 264 g/mol. The van der Waals surface area contributed by atoms with Gasteiger partial charge in [0.2, 0.25) is 0 Å². The number of hydrogen-bond acceptors (Lipinski definition) is 4. The maximum atomic E-state index is 12.0. The molecule has 1 aliphatic rings. The fourth-order valence-electron chi connectivity index (χ4n) is 2.27. The minimum atomic E-state index is -1.02. The monoisotopic (exact) mass is 286 g/mol. The molecule has 0 aromatic carbocycles. The van der Waals surface area contributed by atoms with Gasteiger partial charge in [0, 0.05) is 13.1 Å². The molecule has 7 nitrogen and oxygen atoms in total. The predicted molar refractivity (Wildman–Crippen MR) is 71.2 cm³/mol. The summed E-state index contributed by atoms with van der Waals surface area (Å²) in [5.41, 5.74) is 0. The first kappa shape index (κ1) is 16.3. The van der Waals surface area contributed by atoms with Crippen molar-refractivity contribution in [3.63, 3.8) is 0 Å². The molecule has 114 valence electrons. The molecule has 1 atom stereocenters. The van der Waals surface area contributed by atoms with Crippen molar-refractivity contribution in [2.75, 3.05) is 20.2 Å². The molecule has 1 saturated heterocycles. The second-order valence-electron chi connectivity index (χ2n) is 4.91.